The van der Waals surface area contributed by atoms with Crippen LogP contribution >= 0.6 is 11.6 Å². The van der Waals surface area contributed by atoms with Crippen molar-refractivity contribution in [3.63, 3.8) is 0 Å². The summed E-state index contributed by atoms with van der Waals surface area (Å²) in [5, 5.41) is 13.1. The van der Waals surface area contributed by atoms with Gasteiger partial charge in [-0.25, -0.2) is 0 Å². The van der Waals surface area contributed by atoms with E-state index < -0.39 is 6.10 Å². The van der Waals surface area contributed by atoms with E-state index in [1.165, 1.54) is 0 Å². The molecular weight excluding hydrogens is 278 g/mol. The van der Waals surface area contributed by atoms with Crippen molar-refractivity contribution in [1.29, 1.82) is 0 Å². The van der Waals surface area contributed by atoms with E-state index in [0.717, 1.165) is 0 Å². The minimum absolute atomic E-state index is 0.0257. The van der Waals surface area contributed by atoms with Gasteiger partial charge in [-0.05, 0) is 25.5 Å². The number of hydrogen-bond acceptors (Lipinski definition) is 3. The Morgan fingerprint density at radius 3 is 2.70 bits per heavy atom. The van der Waals surface area contributed by atoms with Crippen LogP contribution in [-0.4, -0.2) is 29.3 Å². The van der Waals surface area contributed by atoms with Crippen molar-refractivity contribution in [2.45, 2.75) is 45.4 Å². The smallest absolute Gasteiger partial charge is 0.261 e. The molecule has 1 saturated carbocycles. The molecule has 4 nitrogen and oxygen atoms in total. The highest BCUT2D eigenvalue weighted by Crippen LogP contribution is 2.40. The van der Waals surface area contributed by atoms with Crippen molar-refractivity contribution >= 4 is 17.5 Å². The topological polar surface area (TPSA) is 58.6 Å². The van der Waals surface area contributed by atoms with Crippen LogP contribution in [0.2, 0.25) is 5.02 Å². The summed E-state index contributed by atoms with van der Waals surface area (Å²) >= 11 is 5.99. The molecule has 0 aliphatic heterocycles. The third-order valence-corrected chi connectivity index (χ3v) is 4.35. The third kappa shape index (κ3) is 2.91. The van der Waals surface area contributed by atoms with Gasteiger partial charge in [0.1, 0.15) is 5.75 Å². The second-order valence-electron chi connectivity index (χ2n) is 5.82. The van der Waals surface area contributed by atoms with Crippen LogP contribution in [0.1, 0.15) is 27.2 Å². The number of amides is 1. The predicted octanol–water partition coefficient (Wildman–Crippen LogP) is 2.38. The summed E-state index contributed by atoms with van der Waals surface area (Å²) < 4.78 is 5.56. The molecule has 0 bridgehead atoms. The van der Waals surface area contributed by atoms with Crippen molar-refractivity contribution < 1.29 is 14.6 Å². The lowest BCUT2D eigenvalue weighted by atomic mass is 9.64. The van der Waals surface area contributed by atoms with E-state index in [1.54, 1.807) is 31.2 Å². The quantitative estimate of drug-likeness (QED) is 0.897. The molecule has 1 aliphatic rings. The Labute approximate surface area is 124 Å². The summed E-state index contributed by atoms with van der Waals surface area (Å²) in [7, 11) is 0. The van der Waals surface area contributed by atoms with Gasteiger partial charge in [-0.3, -0.25) is 4.79 Å². The van der Waals surface area contributed by atoms with Gasteiger partial charge < -0.3 is 15.2 Å². The van der Waals surface area contributed by atoms with Gasteiger partial charge >= 0.3 is 0 Å². The third-order valence-electron chi connectivity index (χ3n) is 4.04. The lowest BCUT2D eigenvalue weighted by Crippen LogP contribution is -2.62. The first-order chi connectivity index (χ1) is 9.32. The van der Waals surface area contributed by atoms with Gasteiger partial charge in [0.2, 0.25) is 0 Å². The molecule has 20 heavy (non-hydrogen) atoms. The summed E-state index contributed by atoms with van der Waals surface area (Å²) in [5.74, 6) is 0.291. The van der Waals surface area contributed by atoms with Crippen LogP contribution in [0.5, 0.6) is 5.75 Å². The van der Waals surface area contributed by atoms with Crippen molar-refractivity contribution in [3.8, 4) is 5.75 Å². The first-order valence-corrected chi connectivity index (χ1v) is 7.09. The molecule has 3 atom stereocenters. The van der Waals surface area contributed by atoms with E-state index in [-0.39, 0.29) is 23.5 Å². The van der Waals surface area contributed by atoms with Crippen molar-refractivity contribution in [2.75, 3.05) is 0 Å². The Balaban J connectivity index is 1.92. The first kappa shape index (κ1) is 15.1. The van der Waals surface area contributed by atoms with E-state index >= 15 is 0 Å². The second kappa shape index (κ2) is 5.62. The Morgan fingerprint density at radius 2 is 2.15 bits per heavy atom. The Morgan fingerprint density at radius 1 is 1.50 bits per heavy atom. The van der Waals surface area contributed by atoms with Gasteiger partial charge in [0.15, 0.2) is 6.10 Å². The van der Waals surface area contributed by atoms with Crippen LogP contribution in [0.3, 0.4) is 0 Å². The maximum absolute atomic E-state index is 12.1. The van der Waals surface area contributed by atoms with Crippen LogP contribution in [0.15, 0.2) is 24.3 Å². The zero-order valence-corrected chi connectivity index (χ0v) is 12.6. The lowest BCUT2D eigenvalue weighted by Gasteiger charge is -2.49. The van der Waals surface area contributed by atoms with Crippen LogP contribution in [0.4, 0.5) is 0 Å². The Bertz CT molecular complexity index is 504. The molecule has 0 heterocycles. The fraction of sp³-hybridized carbons (Fsp3) is 0.533. The molecule has 0 saturated heterocycles. The molecule has 110 valence electrons. The van der Waals surface area contributed by atoms with Gasteiger partial charge in [0, 0.05) is 11.5 Å². The van der Waals surface area contributed by atoms with Crippen molar-refractivity contribution in [3.05, 3.63) is 29.3 Å². The van der Waals surface area contributed by atoms with Gasteiger partial charge in [0.25, 0.3) is 5.91 Å². The average Bonchev–Trinajstić information content (AvgIpc) is 2.40. The van der Waals surface area contributed by atoms with Gasteiger partial charge in [-0.2, -0.15) is 0 Å². The number of aliphatic hydroxyl groups is 1. The molecule has 1 aromatic carbocycles. The summed E-state index contributed by atoms with van der Waals surface area (Å²) in [6, 6.07) is 7.02. The monoisotopic (exact) mass is 297 g/mol. The minimum atomic E-state index is -0.636. The number of hydrogen-bond donors (Lipinski definition) is 2. The minimum Gasteiger partial charge on any atom is -0.479 e. The zero-order chi connectivity index (χ0) is 14.9. The van der Waals surface area contributed by atoms with Gasteiger partial charge in [-0.1, -0.05) is 37.6 Å². The number of halogens is 1. The molecule has 5 heteroatoms. The number of carbonyl (C=O) groups excluding carboxylic acids is 1. The number of aliphatic hydroxyl groups excluding tert-OH is 1. The first-order valence-electron chi connectivity index (χ1n) is 6.72. The molecular formula is C15H20ClNO3. The predicted molar refractivity (Wildman–Crippen MR) is 77.9 cm³/mol. The standard InChI is InChI=1S/C15H20ClNO3/c1-9(20-11-7-5-4-6-10(11)16)14(19)17-12-8-13(18)15(12,2)3/h4-7,9,12-13,18H,8H2,1-3H3,(H,17,19). The number of ether oxygens (including phenoxy) is 1. The fourth-order valence-electron chi connectivity index (χ4n) is 2.22. The highest BCUT2D eigenvalue weighted by Gasteiger charge is 2.48. The number of benzene rings is 1. The largest absolute Gasteiger partial charge is 0.479 e. The molecule has 1 aliphatic carbocycles. The molecule has 2 rings (SSSR count). The molecule has 0 aromatic heterocycles. The van der Waals surface area contributed by atoms with Crippen LogP contribution in [0.25, 0.3) is 0 Å². The van der Waals surface area contributed by atoms with Crippen LogP contribution < -0.4 is 10.1 Å². The summed E-state index contributed by atoms with van der Waals surface area (Å²) in [6.07, 6.45) is -0.423. The number of nitrogens with one attached hydrogen (secondary N) is 1. The highest BCUT2D eigenvalue weighted by molar-refractivity contribution is 6.32. The molecule has 0 spiro atoms. The molecule has 3 unspecified atom stereocenters. The molecule has 2 N–H and O–H groups in total. The number of para-hydroxylation sites is 1. The summed E-state index contributed by atoms with van der Waals surface area (Å²) in [6.45, 7) is 5.55. The Hall–Kier alpha value is -1.26. The van der Waals surface area contributed by atoms with E-state index in [9.17, 15) is 9.90 Å². The van der Waals surface area contributed by atoms with E-state index in [0.29, 0.717) is 17.2 Å². The summed E-state index contributed by atoms with van der Waals surface area (Å²) in [5.41, 5.74) is -0.292. The summed E-state index contributed by atoms with van der Waals surface area (Å²) in [4.78, 5) is 12.1. The maximum Gasteiger partial charge on any atom is 0.261 e. The van der Waals surface area contributed by atoms with E-state index in [4.69, 9.17) is 16.3 Å². The van der Waals surface area contributed by atoms with Crippen molar-refractivity contribution in [1.82, 2.24) is 5.32 Å². The van der Waals surface area contributed by atoms with Gasteiger partial charge in [0.05, 0.1) is 11.1 Å². The molecule has 1 fully saturated rings. The normalized spacial score (nSPS) is 25.4. The maximum atomic E-state index is 12.1. The van der Waals surface area contributed by atoms with Crippen molar-refractivity contribution in [2.24, 2.45) is 5.41 Å². The van der Waals surface area contributed by atoms with Crippen LogP contribution in [-0.2, 0) is 4.79 Å². The lowest BCUT2D eigenvalue weighted by molar-refractivity contribution is -0.135. The Kier molecular flexibility index (Phi) is 4.25. The fourth-order valence-corrected chi connectivity index (χ4v) is 2.40. The highest BCUT2D eigenvalue weighted by atomic mass is 35.5. The average molecular weight is 298 g/mol. The SMILES string of the molecule is CC(Oc1ccccc1Cl)C(=O)NC1CC(O)C1(C)C. The zero-order valence-electron chi connectivity index (χ0n) is 11.9. The molecule has 1 aromatic rings. The molecule has 0 radical (unpaired) electrons. The molecule has 1 amide bonds. The van der Waals surface area contributed by atoms with Gasteiger partial charge in [-0.15, -0.1) is 0 Å². The van der Waals surface area contributed by atoms with E-state index in [2.05, 4.69) is 5.32 Å². The van der Waals surface area contributed by atoms with Crippen LogP contribution in [0, 0.1) is 5.41 Å². The number of rotatable bonds is 4. The van der Waals surface area contributed by atoms with E-state index in [1.807, 2.05) is 13.8 Å². The second-order valence-corrected chi connectivity index (χ2v) is 6.23. The number of carbonyl (C=O) groups is 1.